The standard InChI is InChI=1S/C17H24N2O4/c1-3-23-15-5-4-13(10-14(15)11-22-2)17(21)19-8-6-12(7-9-19)16(18)20/h4-5,10,12H,3,6-9,11H2,1-2H3,(H2,18,20). The summed E-state index contributed by atoms with van der Waals surface area (Å²) >= 11 is 0. The SMILES string of the molecule is CCOc1ccc(C(=O)N2CCC(C(N)=O)CC2)cc1COC. The van der Waals surface area contributed by atoms with Gasteiger partial charge in [0.15, 0.2) is 0 Å². The first-order valence-electron chi connectivity index (χ1n) is 7.90. The molecule has 2 rings (SSSR count). The number of hydrogen-bond acceptors (Lipinski definition) is 4. The van der Waals surface area contributed by atoms with Gasteiger partial charge in [0.25, 0.3) is 5.91 Å². The van der Waals surface area contributed by atoms with Gasteiger partial charge in [-0.15, -0.1) is 0 Å². The molecule has 1 aromatic carbocycles. The van der Waals surface area contributed by atoms with Gasteiger partial charge in [-0.2, -0.15) is 0 Å². The molecule has 1 aliphatic heterocycles. The summed E-state index contributed by atoms with van der Waals surface area (Å²) in [6, 6.07) is 5.39. The molecule has 0 aromatic heterocycles. The van der Waals surface area contributed by atoms with E-state index in [2.05, 4.69) is 0 Å². The lowest BCUT2D eigenvalue weighted by Gasteiger charge is -2.30. The molecule has 1 heterocycles. The second kappa shape index (κ2) is 7.97. The Kier molecular flexibility index (Phi) is 5.98. The quantitative estimate of drug-likeness (QED) is 0.862. The van der Waals surface area contributed by atoms with Crippen LogP contribution in [-0.4, -0.2) is 43.5 Å². The zero-order valence-corrected chi connectivity index (χ0v) is 13.7. The Morgan fingerprint density at radius 2 is 2.00 bits per heavy atom. The maximum Gasteiger partial charge on any atom is 0.253 e. The van der Waals surface area contributed by atoms with E-state index in [0.717, 1.165) is 11.3 Å². The average molecular weight is 320 g/mol. The monoisotopic (exact) mass is 320 g/mol. The number of amides is 2. The number of nitrogens with two attached hydrogens (primary N) is 1. The number of carbonyl (C=O) groups is 2. The van der Waals surface area contributed by atoms with E-state index < -0.39 is 0 Å². The Bertz CT molecular complexity index is 566. The zero-order chi connectivity index (χ0) is 16.8. The number of carbonyl (C=O) groups excluding carboxylic acids is 2. The van der Waals surface area contributed by atoms with Gasteiger partial charge < -0.3 is 20.1 Å². The van der Waals surface area contributed by atoms with Crippen molar-refractivity contribution in [2.45, 2.75) is 26.4 Å². The highest BCUT2D eigenvalue weighted by molar-refractivity contribution is 5.94. The van der Waals surface area contributed by atoms with Gasteiger partial charge in [0.05, 0.1) is 13.2 Å². The van der Waals surface area contributed by atoms with Crippen molar-refractivity contribution in [3.63, 3.8) is 0 Å². The smallest absolute Gasteiger partial charge is 0.253 e. The van der Waals surface area contributed by atoms with Crippen LogP contribution in [0.4, 0.5) is 0 Å². The van der Waals surface area contributed by atoms with E-state index >= 15 is 0 Å². The molecule has 6 nitrogen and oxygen atoms in total. The molecule has 2 amide bonds. The van der Waals surface area contributed by atoms with Crippen LogP contribution in [0.15, 0.2) is 18.2 Å². The van der Waals surface area contributed by atoms with E-state index in [1.54, 1.807) is 24.1 Å². The second-order valence-corrected chi connectivity index (χ2v) is 5.66. The predicted molar refractivity (Wildman–Crippen MR) is 86.1 cm³/mol. The third-order valence-corrected chi connectivity index (χ3v) is 4.09. The number of rotatable bonds is 6. The summed E-state index contributed by atoms with van der Waals surface area (Å²) in [5.41, 5.74) is 6.79. The minimum absolute atomic E-state index is 0.0340. The van der Waals surface area contributed by atoms with Gasteiger partial charge in [0.1, 0.15) is 5.75 Å². The molecule has 1 fully saturated rings. The highest BCUT2D eigenvalue weighted by Crippen LogP contribution is 2.24. The van der Waals surface area contributed by atoms with Crippen LogP contribution >= 0.6 is 0 Å². The summed E-state index contributed by atoms with van der Waals surface area (Å²) in [4.78, 5) is 25.6. The van der Waals surface area contributed by atoms with Crippen molar-refractivity contribution in [2.24, 2.45) is 11.7 Å². The van der Waals surface area contributed by atoms with Gasteiger partial charge in [-0.05, 0) is 38.0 Å². The zero-order valence-electron chi connectivity index (χ0n) is 13.7. The fraction of sp³-hybridized carbons (Fsp3) is 0.529. The first kappa shape index (κ1) is 17.3. The van der Waals surface area contributed by atoms with Crippen molar-refractivity contribution in [3.05, 3.63) is 29.3 Å². The van der Waals surface area contributed by atoms with Crippen LogP contribution < -0.4 is 10.5 Å². The number of methoxy groups -OCH3 is 1. The Morgan fingerprint density at radius 3 is 2.57 bits per heavy atom. The highest BCUT2D eigenvalue weighted by Gasteiger charge is 2.26. The van der Waals surface area contributed by atoms with Crippen LogP contribution in [-0.2, 0) is 16.1 Å². The maximum absolute atomic E-state index is 12.6. The molecule has 0 saturated carbocycles. The normalized spacial score (nSPS) is 15.5. The highest BCUT2D eigenvalue weighted by atomic mass is 16.5. The Morgan fingerprint density at radius 1 is 1.30 bits per heavy atom. The Labute approximate surface area is 136 Å². The van der Waals surface area contributed by atoms with Gasteiger partial charge in [0.2, 0.25) is 5.91 Å². The van der Waals surface area contributed by atoms with Crippen LogP contribution in [0, 0.1) is 5.92 Å². The van der Waals surface area contributed by atoms with Gasteiger partial charge in [-0.3, -0.25) is 9.59 Å². The Hall–Kier alpha value is -2.08. The number of ether oxygens (including phenoxy) is 2. The maximum atomic E-state index is 12.6. The fourth-order valence-corrected chi connectivity index (χ4v) is 2.83. The summed E-state index contributed by atoms with van der Waals surface area (Å²) in [6.07, 6.45) is 1.26. The summed E-state index contributed by atoms with van der Waals surface area (Å²) in [5, 5.41) is 0. The van der Waals surface area contributed by atoms with E-state index in [1.165, 1.54) is 0 Å². The molecular formula is C17H24N2O4. The van der Waals surface area contributed by atoms with Crippen molar-refractivity contribution < 1.29 is 19.1 Å². The van der Waals surface area contributed by atoms with Crippen LogP contribution in [0.25, 0.3) is 0 Å². The molecule has 0 aliphatic carbocycles. The van der Waals surface area contributed by atoms with E-state index in [9.17, 15) is 9.59 Å². The third-order valence-electron chi connectivity index (χ3n) is 4.09. The second-order valence-electron chi connectivity index (χ2n) is 5.66. The molecule has 0 unspecified atom stereocenters. The van der Waals surface area contributed by atoms with E-state index in [4.69, 9.17) is 15.2 Å². The molecule has 0 radical (unpaired) electrons. The summed E-state index contributed by atoms with van der Waals surface area (Å²) < 4.78 is 10.7. The van der Waals surface area contributed by atoms with Gasteiger partial charge in [-0.25, -0.2) is 0 Å². The van der Waals surface area contributed by atoms with Crippen molar-refractivity contribution >= 4 is 11.8 Å². The van der Waals surface area contributed by atoms with Crippen LogP contribution in [0.2, 0.25) is 0 Å². The van der Waals surface area contributed by atoms with Crippen molar-refractivity contribution in [1.82, 2.24) is 4.90 Å². The van der Waals surface area contributed by atoms with E-state index in [1.807, 2.05) is 13.0 Å². The Balaban J connectivity index is 2.10. The van der Waals surface area contributed by atoms with E-state index in [0.29, 0.717) is 44.7 Å². The van der Waals surface area contributed by atoms with E-state index in [-0.39, 0.29) is 17.7 Å². The van der Waals surface area contributed by atoms with Gasteiger partial charge in [0, 0.05) is 37.2 Å². The number of likely N-dealkylation sites (tertiary alicyclic amines) is 1. The first-order chi connectivity index (χ1) is 11.1. The van der Waals surface area contributed by atoms with Crippen molar-refractivity contribution in [2.75, 3.05) is 26.8 Å². The molecule has 2 N–H and O–H groups in total. The van der Waals surface area contributed by atoms with Crippen molar-refractivity contribution in [1.29, 1.82) is 0 Å². The number of hydrogen-bond donors (Lipinski definition) is 1. The molecule has 6 heteroatoms. The topological polar surface area (TPSA) is 81.9 Å². The molecule has 0 bridgehead atoms. The largest absolute Gasteiger partial charge is 0.494 e. The van der Waals surface area contributed by atoms with Gasteiger partial charge >= 0.3 is 0 Å². The molecule has 0 spiro atoms. The minimum atomic E-state index is -0.277. The fourth-order valence-electron chi connectivity index (χ4n) is 2.83. The molecule has 23 heavy (non-hydrogen) atoms. The molecule has 0 atom stereocenters. The summed E-state index contributed by atoms with van der Waals surface area (Å²) in [7, 11) is 1.61. The molecule has 1 saturated heterocycles. The number of piperidine rings is 1. The first-order valence-corrected chi connectivity index (χ1v) is 7.90. The lowest BCUT2D eigenvalue weighted by molar-refractivity contribution is -0.123. The molecule has 1 aliphatic rings. The average Bonchev–Trinajstić information content (AvgIpc) is 2.56. The predicted octanol–water partition coefficient (Wildman–Crippen LogP) is 1.57. The summed E-state index contributed by atoms with van der Waals surface area (Å²) in [5.74, 6) is 0.302. The number of nitrogens with zero attached hydrogens (tertiary/aromatic N) is 1. The molecule has 1 aromatic rings. The number of benzene rings is 1. The number of primary amides is 1. The van der Waals surface area contributed by atoms with Crippen LogP contribution in [0.5, 0.6) is 5.75 Å². The summed E-state index contributed by atoms with van der Waals surface area (Å²) in [6.45, 7) is 3.97. The molecular weight excluding hydrogens is 296 g/mol. The third kappa shape index (κ3) is 4.22. The minimum Gasteiger partial charge on any atom is -0.494 e. The lowest BCUT2D eigenvalue weighted by atomic mass is 9.95. The van der Waals surface area contributed by atoms with Crippen molar-refractivity contribution in [3.8, 4) is 5.75 Å². The molecule has 126 valence electrons. The van der Waals surface area contributed by atoms with Crippen LogP contribution in [0.3, 0.4) is 0 Å². The van der Waals surface area contributed by atoms with Gasteiger partial charge in [-0.1, -0.05) is 0 Å². The van der Waals surface area contributed by atoms with Crippen LogP contribution in [0.1, 0.15) is 35.7 Å². The lowest BCUT2D eigenvalue weighted by Crippen LogP contribution is -2.41.